The fourth-order valence-corrected chi connectivity index (χ4v) is 3.38. The Hall–Kier alpha value is -2.19. The lowest BCUT2D eigenvalue weighted by Gasteiger charge is -2.19. The van der Waals surface area contributed by atoms with Crippen LogP contribution in [0.2, 0.25) is 0 Å². The van der Waals surface area contributed by atoms with Gasteiger partial charge in [-0.1, -0.05) is 6.07 Å². The van der Waals surface area contributed by atoms with Crippen LogP contribution in [0.25, 0.3) is 0 Å². The van der Waals surface area contributed by atoms with Crippen molar-refractivity contribution in [3.8, 4) is 0 Å². The summed E-state index contributed by atoms with van der Waals surface area (Å²) >= 11 is 0. The number of nitrogens with zero attached hydrogens (tertiary/aromatic N) is 2. The van der Waals surface area contributed by atoms with Crippen LogP contribution >= 0.6 is 0 Å². The molecule has 0 aliphatic rings. The summed E-state index contributed by atoms with van der Waals surface area (Å²) in [6.45, 7) is 5.46. The molecule has 0 aliphatic carbocycles. The second-order valence-electron chi connectivity index (χ2n) is 6.46. The number of carbonyl (C=O) groups is 1. The molecule has 8 heteroatoms. The Morgan fingerprint density at radius 1 is 1.25 bits per heavy atom. The second kappa shape index (κ2) is 6.74. The standard InChI is InChI=1S/C16H21N3O4S/c1-16(2,3)18-24(21,22)14-9-8-13(23-14)15(20)19(4)11-12-7-5-6-10-17-12/h5-10,18H,11H2,1-4H3. The molecule has 2 rings (SSSR count). The van der Waals surface area contributed by atoms with E-state index < -0.39 is 21.5 Å². The molecule has 0 atom stereocenters. The maximum absolute atomic E-state index is 12.4. The molecule has 24 heavy (non-hydrogen) atoms. The molecular weight excluding hydrogens is 330 g/mol. The summed E-state index contributed by atoms with van der Waals surface area (Å²) in [7, 11) is -2.22. The lowest BCUT2D eigenvalue weighted by molar-refractivity contribution is 0.0746. The molecule has 130 valence electrons. The number of aromatic nitrogens is 1. The number of sulfonamides is 1. The highest BCUT2D eigenvalue weighted by Crippen LogP contribution is 2.18. The van der Waals surface area contributed by atoms with E-state index in [2.05, 4.69) is 9.71 Å². The second-order valence-corrected chi connectivity index (χ2v) is 8.07. The zero-order valence-corrected chi connectivity index (χ0v) is 14.9. The predicted octanol–water partition coefficient (Wildman–Crippen LogP) is 2.02. The van der Waals surface area contributed by atoms with Crippen LogP contribution in [0.4, 0.5) is 0 Å². The van der Waals surface area contributed by atoms with Gasteiger partial charge in [-0.2, -0.15) is 0 Å². The number of furan rings is 1. The Bertz CT molecular complexity index is 807. The Balaban J connectivity index is 2.13. The van der Waals surface area contributed by atoms with Crippen LogP contribution in [0.3, 0.4) is 0 Å². The van der Waals surface area contributed by atoms with Gasteiger partial charge in [0.1, 0.15) is 0 Å². The number of pyridine rings is 1. The highest BCUT2D eigenvalue weighted by molar-refractivity contribution is 7.89. The minimum atomic E-state index is -3.82. The molecule has 1 amide bonds. The fraction of sp³-hybridized carbons (Fsp3) is 0.375. The van der Waals surface area contributed by atoms with Gasteiger partial charge in [-0.15, -0.1) is 0 Å². The van der Waals surface area contributed by atoms with Crippen molar-refractivity contribution in [1.29, 1.82) is 0 Å². The monoisotopic (exact) mass is 351 g/mol. The number of carbonyl (C=O) groups excluding carboxylic acids is 1. The van der Waals surface area contributed by atoms with Gasteiger partial charge in [0.15, 0.2) is 5.76 Å². The van der Waals surface area contributed by atoms with Gasteiger partial charge >= 0.3 is 0 Å². The largest absolute Gasteiger partial charge is 0.438 e. The van der Waals surface area contributed by atoms with Crippen molar-refractivity contribution in [2.24, 2.45) is 0 Å². The first-order valence-electron chi connectivity index (χ1n) is 7.38. The van der Waals surface area contributed by atoms with Crippen LogP contribution < -0.4 is 4.72 Å². The summed E-state index contributed by atoms with van der Waals surface area (Å²) in [4.78, 5) is 17.9. The summed E-state index contributed by atoms with van der Waals surface area (Å²) in [5.41, 5.74) is 0.0770. The number of nitrogens with one attached hydrogen (secondary N) is 1. The van der Waals surface area contributed by atoms with E-state index in [1.807, 2.05) is 6.07 Å². The Kier molecular flexibility index (Phi) is 5.10. The molecule has 1 N–H and O–H groups in total. The fourth-order valence-electron chi connectivity index (χ4n) is 2.03. The average Bonchev–Trinajstić information content (AvgIpc) is 2.95. The summed E-state index contributed by atoms with van der Waals surface area (Å²) in [6.07, 6.45) is 1.64. The van der Waals surface area contributed by atoms with E-state index in [9.17, 15) is 13.2 Å². The van der Waals surface area contributed by atoms with Gasteiger partial charge in [-0.05, 0) is 45.0 Å². The van der Waals surface area contributed by atoms with Gasteiger partial charge in [-0.3, -0.25) is 9.78 Å². The highest BCUT2D eigenvalue weighted by Gasteiger charge is 2.27. The van der Waals surface area contributed by atoms with E-state index in [0.717, 1.165) is 5.69 Å². The first-order chi connectivity index (χ1) is 11.1. The van der Waals surface area contributed by atoms with E-state index in [4.69, 9.17) is 4.42 Å². The van der Waals surface area contributed by atoms with E-state index in [-0.39, 0.29) is 10.9 Å². The van der Waals surface area contributed by atoms with Gasteiger partial charge in [0.2, 0.25) is 5.09 Å². The molecule has 0 saturated carbocycles. The number of hydrogen-bond donors (Lipinski definition) is 1. The summed E-state index contributed by atoms with van der Waals surface area (Å²) in [6, 6.07) is 8.05. The predicted molar refractivity (Wildman–Crippen MR) is 88.8 cm³/mol. The quantitative estimate of drug-likeness (QED) is 0.890. The zero-order chi connectivity index (χ0) is 18.0. The van der Waals surface area contributed by atoms with E-state index >= 15 is 0 Å². The Labute approximate surface area is 141 Å². The van der Waals surface area contributed by atoms with Gasteiger partial charge in [-0.25, -0.2) is 13.1 Å². The summed E-state index contributed by atoms with van der Waals surface area (Å²) < 4.78 is 32.1. The lowest BCUT2D eigenvalue weighted by atomic mass is 10.1. The molecule has 0 spiro atoms. The summed E-state index contributed by atoms with van der Waals surface area (Å²) in [5, 5.41) is -0.285. The Morgan fingerprint density at radius 3 is 2.54 bits per heavy atom. The number of hydrogen-bond acceptors (Lipinski definition) is 5. The van der Waals surface area contributed by atoms with Crippen molar-refractivity contribution < 1.29 is 17.6 Å². The molecule has 2 aromatic heterocycles. The molecule has 0 aliphatic heterocycles. The maximum atomic E-state index is 12.4. The van der Waals surface area contributed by atoms with Crippen molar-refractivity contribution in [3.63, 3.8) is 0 Å². The third kappa shape index (κ3) is 4.65. The number of amides is 1. The highest BCUT2D eigenvalue weighted by atomic mass is 32.2. The average molecular weight is 351 g/mol. The van der Waals surface area contributed by atoms with Crippen LogP contribution in [0, 0.1) is 0 Å². The van der Waals surface area contributed by atoms with Crippen LogP contribution in [0.15, 0.2) is 46.0 Å². The lowest BCUT2D eigenvalue weighted by Crippen LogP contribution is -2.40. The molecule has 0 fully saturated rings. The van der Waals surface area contributed by atoms with Crippen LogP contribution in [0.1, 0.15) is 37.0 Å². The van der Waals surface area contributed by atoms with Crippen molar-refractivity contribution in [1.82, 2.24) is 14.6 Å². The molecule has 2 heterocycles. The molecule has 0 unspecified atom stereocenters. The zero-order valence-electron chi connectivity index (χ0n) is 14.1. The van der Waals surface area contributed by atoms with E-state index in [0.29, 0.717) is 6.54 Å². The van der Waals surface area contributed by atoms with Crippen LogP contribution in [0.5, 0.6) is 0 Å². The van der Waals surface area contributed by atoms with Gasteiger partial charge in [0.25, 0.3) is 15.9 Å². The smallest absolute Gasteiger partial charge is 0.289 e. The minimum absolute atomic E-state index is 0.0392. The van der Waals surface area contributed by atoms with Crippen molar-refractivity contribution >= 4 is 15.9 Å². The number of rotatable bonds is 5. The van der Waals surface area contributed by atoms with Crippen LogP contribution in [-0.4, -0.2) is 36.8 Å². The SMILES string of the molecule is CN(Cc1ccccn1)C(=O)c1ccc(S(=O)(=O)NC(C)(C)C)o1. The Morgan fingerprint density at radius 2 is 1.96 bits per heavy atom. The first-order valence-corrected chi connectivity index (χ1v) is 8.86. The topological polar surface area (TPSA) is 92.5 Å². The van der Waals surface area contributed by atoms with Gasteiger partial charge < -0.3 is 9.32 Å². The third-order valence-corrected chi connectivity index (χ3v) is 4.60. The molecular formula is C16H21N3O4S. The maximum Gasteiger partial charge on any atom is 0.289 e. The van der Waals surface area contributed by atoms with Crippen molar-refractivity contribution in [2.75, 3.05) is 7.05 Å². The first kappa shape index (κ1) is 18.2. The molecule has 0 radical (unpaired) electrons. The minimum Gasteiger partial charge on any atom is -0.438 e. The molecule has 0 saturated heterocycles. The van der Waals surface area contributed by atoms with Gasteiger partial charge in [0.05, 0.1) is 12.2 Å². The molecule has 7 nitrogen and oxygen atoms in total. The third-order valence-electron chi connectivity index (χ3n) is 2.97. The normalized spacial score (nSPS) is 12.2. The van der Waals surface area contributed by atoms with E-state index in [1.54, 1.807) is 46.1 Å². The summed E-state index contributed by atoms with van der Waals surface area (Å²) in [5.74, 6) is -0.458. The van der Waals surface area contributed by atoms with Crippen molar-refractivity contribution in [3.05, 3.63) is 48.0 Å². The molecule has 0 aromatic carbocycles. The van der Waals surface area contributed by atoms with Crippen LogP contribution in [-0.2, 0) is 16.6 Å². The van der Waals surface area contributed by atoms with Crippen molar-refractivity contribution in [2.45, 2.75) is 37.9 Å². The van der Waals surface area contributed by atoms with Gasteiger partial charge in [0, 0.05) is 18.8 Å². The molecule has 0 bridgehead atoms. The van der Waals surface area contributed by atoms with E-state index in [1.165, 1.54) is 17.0 Å². The molecule has 2 aromatic rings.